The molecule has 0 aromatic carbocycles. The molecule has 0 aromatic heterocycles. The third-order valence-corrected chi connectivity index (χ3v) is 5.02. The van der Waals surface area contributed by atoms with Gasteiger partial charge in [0.2, 0.25) is 10.0 Å². The lowest BCUT2D eigenvalue weighted by Gasteiger charge is -2.24. The predicted molar refractivity (Wildman–Crippen MR) is 65.8 cm³/mol. The largest absolute Gasteiger partial charge is 0.215 e. The van der Waals surface area contributed by atoms with Gasteiger partial charge < -0.3 is 0 Å². The molecule has 0 unspecified atom stereocenters. The summed E-state index contributed by atoms with van der Waals surface area (Å²) in [6, 6.07) is 0. The lowest BCUT2D eigenvalue weighted by Crippen LogP contribution is -2.37. The molecule has 3 nitrogen and oxygen atoms in total. The number of rotatable bonds is 8. The Morgan fingerprint density at radius 2 is 1.73 bits per heavy atom. The van der Waals surface area contributed by atoms with E-state index in [1.54, 1.807) is 4.31 Å². The summed E-state index contributed by atoms with van der Waals surface area (Å²) in [5.41, 5.74) is 0. The van der Waals surface area contributed by atoms with Crippen molar-refractivity contribution in [1.82, 2.24) is 4.31 Å². The zero-order chi connectivity index (χ0) is 11.9. The maximum absolute atomic E-state index is 11.8. The van der Waals surface area contributed by atoms with E-state index >= 15 is 0 Å². The van der Waals surface area contributed by atoms with Gasteiger partial charge in [0.05, 0.1) is 5.75 Å². The van der Waals surface area contributed by atoms with Crippen molar-refractivity contribution < 1.29 is 8.42 Å². The van der Waals surface area contributed by atoms with Gasteiger partial charge in [-0.3, -0.25) is 0 Å². The standard InChI is InChI=1S/C10H22ClNO2S/c1-4-10(5-2)9-12(6-3)15(13,14)8-7-11/h10H,4-9H2,1-3H3. The molecule has 0 rings (SSSR count). The van der Waals surface area contributed by atoms with Crippen LogP contribution in [0.1, 0.15) is 33.6 Å². The molecule has 0 spiro atoms. The maximum Gasteiger partial charge on any atom is 0.215 e. The average Bonchev–Trinajstić information content (AvgIpc) is 2.19. The van der Waals surface area contributed by atoms with Gasteiger partial charge in [0.25, 0.3) is 0 Å². The third-order valence-electron chi connectivity index (χ3n) is 2.70. The molecule has 0 amide bonds. The summed E-state index contributed by atoms with van der Waals surface area (Å²) in [6.45, 7) is 7.22. The van der Waals surface area contributed by atoms with Gasteiger partial charge in [0.15, 0.2) is 0 Å². The van der Waals surface area contributed by atoms with Crippen LogP contribution in [0.25, 0.3) is 0 Å². The topological polar surface area (TPSA) is 37.4 Å². The van der Waals surface area contributed by atoms with Gasteiger partial charge >= 0.3 is 0 Å². The number of nitrogens with zero attached hydrogens (tertiary/aromatic N) is 1. The van der Waals surface area contributed by atoms with Gasteiger partial charge in [0.1, 0.15) is 0 Å². The first kappa shape index (κ1) is 15.2. The Balaban J connectivity index is 4.48. The van der Waals surface area contributed by atoms with Crippen LogP contribution in [-0.4, -0.2) is 37.4 Å². The van der Waals surface area contributed by atoms with Crippen molar-refractivity contribution in [1.29, 1.82) is 0 Å². The lowest BCUT2D eigenvalue weighted by atomic mass is 10.0. The number of alkyl halides is 1. The van der Waals surface area contributed by atoms with E-state index in [1.165, 1.54) is 0 Å². The van der Waals surface area contributed by atoms with Crippen LogP contribution in [0.2, 0.25) is 0 Å². The first-order valence-electron chi connectivity index (χ1n) is 5.55. The molecule has 0 aliphatic carbocycles. The molecule has 0 fully saturated rings. The van der Waals surface area contributed by atoms with E-state index in [0.29, 0.717) is 19.0 Å². The number of hydrogen-bond acceptors (Lipinski definition) is 2. The second-order valence-corrected chi connectivity index (χ2v) is 6.10. The molecule has 0 heterocycles. The Kier molecular flexibility index (Phi) is 7.57. The zero-order valence-corrected chi connectivity index (χ0v) is 11.4. The SMILES string of the molecule is CCC(CC)CN(CC)S(=O)(=O)CCCl. The molecule has 0 bridgehead atoms. The quantitative estimate of drug-likeness (QED) is 0.625. The molecule has 92 valence electrons. The number of halogens is 1. The Hall–Kier alpha value is 0.200. The van der Waals surface area contributed by atoms with Crippen LogP contribution < -0.4 is 0 Å². The molecular weight excluding hydrogens is 234 g/mol. The highest BCUT2D eigenvalue weighted by atomic mass is 35.5. The Bertz CT molecular complexity index is 250. The minimum absolute atomic E-state index is 0.0442. The van der Waals surface area contributed by atoms with Gasteiger partial charge in [-0.25, -0.2) is 12.7 Å². The highest BCUT2D eigenvalue weighted by Crippen LogP contribution is 2.13. The second kappa shape index (κ2) is 7.47. The fourth-order valence-electron chi connectivity index (χ4n) is 1.50. The Labute approximate surface area is 98.8 Å². The first-order valence-corrected chi connectivity index (χ1v) is 7.69. The molecule has 0 aliphatic heterocycles. The summed E-state index contributed by atoms with van der Waals surface area (Å²) < 4.78 is 25.1. The van der Waals surface area contributed by atoms with Gasteiger partial charge in [-0.05, 0) is 5.92 Å². The van der Waals surface area contributed by atoms with Crippen molar-refractivity contribution in [2.45, 2.75) is 33.6 Å². The van der Waals surface area contributed by atoms with E-state index in [-0.39, 0.29) is 11.6 Å². The van der Waals surface area contributed by atoms with E-state index in [9.17, 15) is 8.42 Å². The molecule has 15 heavy (non-hydrogen) atoms. The Morgan fingerprint density at radius 1 is 1.20 bits per heavy atom. The fourth-order valence-corrected chi connectivity index (χ4v) is 3.37. The van der Waals surface area contributed by atoms with Crippen LogP contribution in [0.5, 0.6) is 0 Å². The summed E-state index contributed by atoms with van der Waals surface area (Å²) in [5, 5.41) is 0. The molecule has 5 heteroatoms. The van der Waals surface area contributed by atoms with Crippen molar-refractivity contribution in [3.05, 3.63) is 0 Å². The van der Waals surface area contributed by atoms with Crippen molar-refractivity contribution in [3.63, 3.8) is 0 Å². The van der Waals surface area contributed by atoms with Gasteiger partial charge in [0, 0.05) is 19.0 Å². The summed E-state index contributed by atoms with van der Waals surface area (Å²) in [5.74, 6) is 0.666. The van der Waals surface area contributed by atoms with Gasteiger partial charge in [-0.1, -0.05) is 33.6 Å². The smallest absolute Gasteiger partial charge is 0.212 e. The molecule has 0 aliphatic rings. The lowest BCUT2D eigenvalue weighted by molar-refractivity contribution is 0.339. The second-order valence-electron chi connectivity index (χ2n) is 3.64. The maximum atomic E-state index is 11.8. The molecule has 0 saturated carbocycles. The van der Waals surface area contributed by atoms with E-state index in [4.69, 9.17) is 11.6 Å². The zero-order valence-electron chi connectivity index (χ0n) is 9.87. The predicted octanol–water partition coefficient (Wildman–Crippen LogP) is 2.31. The van der Waals surface area contributed by atoms with E-state index in [1.807, 2.05) is 6.92 Å². The molecule has 0 radical (unpaired) electrons. The van der Waals surface area contributed by atoms with Crippen LogP contribution in [0.3, 0.4) is 0 Å². The van der Waals surface area contributed by atoms with Gasteiger partial charge in [-0.15, -0.1) is 11.6 Å². The highest BCUT2D eigenvalue weighted by Gasteiger charge is 2.21. The van der Waals surface area contributed by atoms with E-state index in [0.717, 1.165) is 12.8 Å². The molecule has 0 aromatic rings. The highest BCUT2D eigenvalue weighted by molar-refractivity contribution is 7.89. The van der Waals surface area contributed by atoms with Crippen LogP contribution in [0, 0.1) is 5.92 Å². The molecule has 0 atom stereocenters. The van der Waals surface area contributed by atoms with E-state index < -0.39 is 10.0 Å². The normalized spacial score (nSPS) is 12.7. The van der Waals surface area contributed by atoms with Crippen LogP contribution in [0.15, 0.2) is 0 Å². The summed E-state index contributed by atoms with van der Waals surface area (Å²) in [6.07, 6.45) is 2.03. The third kappa shape index (κ3) is 5.18. The minimum atomic E-state index is -3.14. The fraction of sp³-hybridized carbons (Fsp3) is 1.00. The van der Waals surface area contributed by atoms with Crippen molar-refractivity contribution in [2.24, 2.45) is 5.92 Å². The average molecular weight is 256 g/mol. The molecule has 0 N–H and O–H groups in total. The van der Waals surface area contributed by atoms with Gasteiger partial charge in [-0.2, -0.15) is 0 Å². The number of sulfonamides is 1. The van der Waals surface area contributed by atoms with Crippen molar-refractivity contribution >= 4 is 21.6 Å². The Morgan fingerprint density at radius 3 is 2.07 bits per heavy atom. The van der Waals surface area contributed by atoms with Crippen molar-refractivity contribution in [2.75, 3.05) is 24.7 Å². The summed E-state index contributed by atoms with van der Waals surface area (Å²) >= 11 is 5.49. The summed E-state index contributed by atoms with van der Waals surface area (Å²) in [4.78, 5) is 0. The minimum Gasteiger partial charge on any atom is -0.212 e. The van der Waals surface area contributed by atoms with E-state index in [2.05, 4.69) is 13.8 Å². The first-order chi connectivity index (χ1) is 7.01. The molecule has 0 saturated heterocycles. The van der Waals surface area contributed by atoms with Crippen LogP contribution in [-0.2, 0) is 10.0 Å². The molecular formula is C10H22ClNO2S. The monoisotopic (exact) mass is 255 g/mol. The van der Waals surface area contributed by atoms with Crippen molar-refractivity contribution in [3.8, 4) is 0 Å². The van der Waals surface area contributed by atoms with Crippen LogP contribution >= 0.6 is 11.6 Å². The van der Waals surface area contributed by atoms with Crippen LogP contribution in [0.4, 0.5) is 0 Å². The summed E-state index contributed by atoms with van der Waals surface area (Å²) in [7, 11) is -3.14. The number of hydrogen-bond donors (Lipinski definition) is 0.